The Morgan fingerprint density at radius 2 is 2.09 bits per heavy atom. The molecule has 0 spiro atoms. The first kappa shape index (κ1) is 15.7. The van der Waals surface area contributed by atoms with Crippen LogP contribution in [0.4, 0.5) is 5.82 Å². The molecule has 2 aromatic heterocycles. The number of aromatic nitrogens is 3. The van der Waals surface area contributed by atoms with Crippen LogP contribution in [-0.2, 0) is 4.79 Å². The van der Waals surface area contributed by atoms with Crippen LogP contribution in [-0.4, -0.2) is 74.2 Å². The van der Waals surface area contributed by atoms with Crippen LogP contribution in [0.5, 0.6) is 0 Å². The van der Waals surface area contributed by atoms with Crippen molar-refractivity contribution in [2.45, 2.75) is 5.03 Å². The van der Waals surface area contributed by atoms with Gasteiger partial charge in [0.05, 0.1) is 5.75 Å². The van der Waals surface area contributed by atoms with Gasteiger partial charge in [0.25, 0.3) is 0 Å². The lowest BCUT2D eigenvalue weighted by molar-refractivity contribution is -0.391. The maximum absolute atomic E-state index is 12.2. The van der Waals surface area contributed by atoms with Crippen molar-refractivity contribution in [3.8, 4) is 0 Å². The summed E-state index contributed by atoms with van der Waals surface area (Å²) in [7, 11) is 2.04. The van der Waals surface area contributed by atoms with Crippen molar-refractivity contribution in [2.24, 2.45) is 0 Å². The maximum atomic E-state index is 12.2. The topological polar surface area (TPSA) is 96.9 Å². The lowest BCUT2D eigenvalue weighted by Gasteiger charge is -2.32. The molecule has 0 aliphatic carbocycles. The van der Waals surface area contributed by atoms with E-state index in [2.05, 4.69) is 15.0 Å². The van der Waals surface area contributed by atoms with Gasteiger partial charge in [0.15, 0.2) is 0 Å². The van der Waals surface area contributed by atoms with Crippen molar-refractivity contribution in [3.05, 3.63) is 28.4 Å². The lowest BCUT2D eigenvalue weighted by Crippen LogP contribution is -2.47. The van der Waals surface area contributed by atoms with Gasteiger partial charge in [-0.3, -0.25) is 4.79 Å². The van der Waals surface area contributed by atoms with Gasteiger partial charge in [-0.1, -0.05) is 21.4 Å². The highest BCUT2D eigenvalue weighted by molar-refractivity contribution is 7.99. The number of rotatable bonds is 4. The zero-order chi connectivity index (χ0) is 16.4. The van der Waals surface area contributed by atoms with Gasteiger partial charge in [0, 0.05) is 32.2 Å². The third-order valence-corrected chi connectivity index (χ3v) is 4.61. The summed E-state index contributed by atoms with van der Waals surface area (Å²) in [6.45, 7) is 3.22. The Hall–Kier alpha value is -2.20. The van der Waals surface area contributed by atoms with Gasteiger partial charge in [-0.15, -0.1) is 0 Å². The van der Waals surface area contributed by atoms with Crippen molar-refractivity contribution in [1.29, 1.82) is 0 Å². The van der Waals surface area contributed by atoms with Gasteiger partial charge in [-0.05, 0) is 18.0 Å². The molecular formula is C13H16N6O3S. The largest absolute Gasteiger partial charge is 0.368 e. The highest BCUT2D eigenvalue weighted by Gasteiger charge is 2.20. The smallest absolute Gasteiger partial charge is 0.358 e. The third kappa shape index (κ3) is 3.42. The Kier molecular flexibility index (Phi) is 4.44. The van der Waals surface area contributed by atoms with E-state index in [-0.39, 0.29) is 17.5 Å². The first-order valence-corrected chi connectivity index (χ1v) is 8.11. The van der Waals surface area contributed by atoms with E-state index in [1.807, 2.05) is 11.9 Å². The number of nitro groups is 1. The second-order valence-corrected chi connectivity index (χ2v) is 6.28. The van der Waals surface area contributed by atoms with E-state index in [9.17, 15) is 14.9 Å². The van der Waals surface area contributed by atoms with E-state index >= 15 is 0 Å². The highest BCUT2D eigenvalue weighted by Crippen LogP contribution is 2.19. The average Bonchev–Trinajstić information content (AvgIpc) is 2.96. The van der Waals surface area contributed by atoms with Gasteiger partial charge in [-0.2, -0.15) is 0 Å². The van der Waals surface area contributed by atoms with E-state index in [0.717, 1.165) is 26.2 Å². The zero-order valence-electron chi connectivity index (χ0n) is 12.6. The normalized spacial score (nSPS) is 16.0. The molecule has 1 amide bonds. The molecule has 122 valence electrons. The SMILES string of the molecule is CN1CCN(C(=O)CSc2ccc3ncc([N+](=O)[O-])n3n2)CC1. The molecule has 9 nitrogen and oxygen atoms in total. The van der Waals surface area contributed by atoms with Crippen molar-refractivity contribution >= 4 is 29.1 Å². The molecule has 0 bridgehead atoms. The van der Waals surface area contributed by atoms with Crippen LogP contribution in [0.3, 0.4) is 0 Å². The summed E-state index contributed by atoms with van der Waals surface area (Å²) >= 11 is 1.27. The minimum atomic E-state index is -0.531. The standard InChI is InChI=1S/C13H16N6O3S/c1-16-4-6-17(7-5-16)13(20)9-23-11-3-2-10-14-8-12(19(21)22)18(10)15-11/h2-3,8H,4-7,9H2,1H3. The number of likely N-dealkylation sites (N-methyl/N-ethyl adjacent to an activating group) is 1. The van der Waals surface area contributed by atoms with E-state index < -0.39 is 4.92 Å². The fraction of sp³-hybridized carbons (Fsp3) is 0.462. The fourth-order valence-corrected chi connectivity index (χ4v) is 3.09. The quantitative estimate of drug-likeness (QED) is 0.456. The third-order valence-electron chi connectivity index (χ3n) is 3.71. The summed E-state index contributed by atoms with van der Waals surface area (Å²) in [6.07, 6.45) is 1.17. The number of carbonyl (C=O) groups excluding carboxylic acids is 1. The molecule has 0 saturated carbocycles. The molecule has 1 fully saturated rings. The van der Waals surface area contributed by atoms with Crippen molar-refractivity contribution in [1.82, 2.24) is 24.4 Å². The highest BCUT2D eigenvalue weighted by atomic mass is 32.2. The predicted octanol–water partition coefficient (Wildman–Crippen LogP) is 0.504. The predicted molar refractivity (Wildman–Crippen MR) is 84.4 cm³/mol. The van der Waals surface area contributed by atoms with E-state index in [4.69, 9.17) is 0 Å². The van der Waals surface area contributed by atoms with Gasteiger partial charge in [0.1, 0.15) is 11.2 Å². The summed E-state index contributed by atoms with van der Waals surface area (Å²) in [5.74, 6) is 0.142. The van der Waals surface area contributed by atoms with E-state index in [1.165, 1.54) is 22.5 Å². The Morgan fingerprint density at radius 1 is 1.35 bits per heavy atom. The van der Waals surface area contributed by atoms with Crippen molar-refractivity contribution < 1.29 is 9.72 Å². The van der Waals surface area contributed by atoms with E-state index in [0.29, 0.717) is 10.7 Å². The van der Waals surface area contributed by atoms with E-state index in [1.54, 1.807) is 12.1 Å². The molecule has 0 radical (unpaired) electrons. The van der Waals surface area contributed by atoms with Crippen molar-refractivity contribution in [3.63, 3.8) is 0 Å². The number of amides is 1. The monoisotopic (exact) mass is 336 g/mol. The number of hydrogen-bond acceptors (Lipinski definition) is 7. The molecule has 0 unspecified atom stereocenters. The second-order valence-electron chi connectivity index (χ2n) is 5.29. The number of piperazine rings is 1. The second kappa shape index (κ2) is 6.50. The van der Waals surface area contributed by atoms with Crippen LogP contribution >= 0.6 is 11.8 Å². The summed E-state index contributed by atoms with van der Waals surface area (Å²) in [5, 5.41) is 15.7. The number of imidazole rings is 1. The first-order valence-electron chi connectivity index (χ1n) is 7.13. The molecule has 3 rings (SSSR count). The van der Waals surface area contributed by atoms with Crippen molar-refractivity contribution in [2.75, 3.05) is 39.0 Å². The van der Waals surface area contributed by atoms with Crippen LogP contribution in [0.2, 0.25) is 0 Å². The number of fused-ring (bicyclic) bond motifs is 1. The number of thioether (sulfide) groups is 1. The summed E-state index contributed by atoms with van der Waals surface area (Å²) in [6, 6.07) is 3.37. The maximum Gasteiger partial charge on any atom is 0.368 e. The molecule has 3 heterocycles. The zero-order valence-corrected chi connectivity index (χ0v) is 13.4. The molecule has 0 aromatic carbocycles. The molecule has 1 aliphatic rings. The Balaban J connectivity index is 1.66. The Labute approximate surface area is 136 Å². The van der Waals surface area contributed by atoms with Gasteiger partial charge in [-0.25, -0.2) is 4.98 Å². The Bertz CT molecular complexity index is 740. The molecular weight excluding hydrogens is 320 g/mol. The van der Waals surface area contributed by atoms with Crippen LogP contribution in [0, 0.1) is 10.1 Å². The summed E-state index contributed by atoms with van der Waals surface area (Å²) in [4.78, 5) is 30.5. The van der Waals surface area contributed by atoms with Crippen LogP contribution in [0.25, 0.3) is 5.65 Å². The van der Waals surface area contributed by atoms with Gasteiger partial charge in [0.2, 0.25) is 11.6 Å². The lowest BCUT2D eigenvalue weighted by atomic mass is 10.3. The summed E-state index contributed by atoms with van der Waals surface area (Å²) in [5.41, 5.74) is 0.409. The average molecular weight is 336 g/mol. The van der Waals surface area contributed by atoms with Crippen LogP contribution < -0.4 is 0 Å². The van der Waals surface area contributed by atoms with Gasteiger partial charge >= 0.3 is 5.82 Å². The van der Waals surface area contributed by atoms with Crippen LogP contribution in [0.1, 0.15) is 0 Å². The molecule has 1 saturated heterocycles. The molecule has 0 atom stereocenters. The Morgan fingerprint density at radius 3 is 2.78 bits per heavy atom. The molecule has 23 heavy (non-hydrogen) atoms. The number of hydrogen-bond donors (Lipinski definition) is 0. The molecule has 10 heteroatoms. The number of carbonyl (C=O) groups is 1. The van der Waals surface area contributed by atoms with Crippen LogP contribution in [0.15, 0.2) is 23.4 Å². The molecule has 2 aromatic rings. The summed E-state index contributed by atoms with van der Waals surface area (Å²) < 4.78 is 1.18. The minimum absolute atomic E-state index is 0.0603. The fourth-order valence-electron chi connectivity index (χ4n) is 2.33. The number of nitrogens with zero attached hydrogens (tertiary/aromatic N) is 6. The molecule has 0 N–H and O–H groups in total. The minimum Gasteiger partial charge on any atom is -0.358 e. The molecule has 1 aliphatic heterocycles. The first-order chi connectivity index (χ1) is 11.0. The van der Waals surface area contributed by atoms with Gasteiger partial charge < -0.3 is 19.9 Å².